The van der Waals surface area contributed by atoms with Gasteiger partial charge in [0.2, 0.25) is 0 Å². The first-order chi connectivity index (χ1) is 6.56. The van der Waals surface area contributed by atoms with Crippen LogP contribution in [0.1, 0.15) is 23.4 Å². The van der Waals surface area contributed by atoms with Crippen LogP contribution in [0.5, 0.6) is 0 Å². The fourth-order valence-corrected chi connectivity index (χ4v) is 1.08. The molecule has 0 amide bonds. The molecule has 1 aromatic rings. The molecule has 0 saturated carbocycles. The average molecular weight is 200 g/mol. The number of pyridine rings is 1. The number of halogens is 3. The van der Waals surface area contributed by atoms with E-state index in [1.165, 1.54) is 6.92 Å². The van der Waals surface area contributed by atoms with Crippen LogP contribution in [0.4, 0.5) is 13.2 Å². The SMILES string of the molecule is Cc1nc(CC#N)cc(C(F)F)c1F. The predicted octanol–water partition coefficient (Wildman–Crippen LogP) is 2.53. The Hall–Kier alpha value is -1.57. The third-order valence-corrected chi connectivity index (χ3v) is 1.70. The molecule has 0 atom stereocenters. The first kappa shape index (κ1) is 10.5. The Balaban J connectivity index is 3.22. The zero-order valence-corrected chi connectivity index (χ0v) is 7.39. The van der Waals surface area contributed by atoms with Crippen molar-refractivity contribution in [3.05, 3.63) is 28.8 Å². The molecule has 0 spiro atoms. The maximum atomic E-state index is 13.0. The van der Waals surface area contributed by atoms with Gasteiger partial charge in [-0.15, -0.1) is 0 Å². The second kappa shape index (κ2) is 4.09. The molecule has 0 bridgehead atoms. The predicted molar refractivity (Wildman–Crippen MR) is 43.2 cm³/mol. The van der Waals surface area contributed by atoms with Crippen LogP contribution in [-0.4, -0.2) is 4.98 Å². The van der Waals surface area contributed by atoms with E-state index in [1.54, 1.807) is 6.07 Å². The molecule has 0 aliphatic heterocycles. The van der Waals surface area contributed by atoms with Crippen molar-refractivity contribution in [2.24, 2.45) is 0 Å². The van der Waals surface area contributed by atoms with Gasteiger partial charge in [-0.25, -0.2) is 13.2 Å². The van der Waals surface area contributed by atoms with Crippen LogP contribution in [0.2, 0.25) is 0 Å². The molecule has 0 aliphatic rings. The highest BCUT2D eigenvalue weighted by Gasteiger charge is 2.17. The van der Waals surface area contributed by atoms with Crippen molar-refractivity contribution in [3.63, 3.8) is 0 Å². The van der Waals surface area contributed by atoms with E-state index in [9.17, 15) is 13.2 Å². The molecule has 0 saturated heterocycles. The van der Waals surface area contributed by atoms with E-state index in [-0.39, 0.29) is 17.8 Å². The van der Waals surface area contributed by atoms with Crippen molar-refractivity contribution < 1.29 is 13.2 Å². The normalized spacial score (nSPS) is 10.3. The molecule has 74 valence electrons. The Bertz CT molecular complexity index is 382. The van der Waals surface area contributed by atoms with E-state index < -0.39 is 17.8 Å². The Morgan fingerprint density at radius 3 is 2.71 bits per heavy atom. The van der Waals surface area contributed by atoms with Gasteiger partial charge in [0.05, 0.1) is 29.4 Å². The zero-order valence-electron chi connectivity index (χ0n) is 7.39. The topological polar surface area (TPSA) is 36.7 Å². The number of alkyl halides is 2. The molecular formula is C9H7F3N2. The van der Waals surface area contributed by atoms with E-state index in [4.69, 9.17) is 5.26 Å². The highest BCUT2D eigenvalue weighted by molar-refractivity contribution is 5.25. The summed E-state index contributed by atoms with van der Waals surface area (Å²) in [6.07, 6.45) is -2.98. The van der Waals surface area contributed by atoms with Crippen LogP contribution < -0.4 is 0 Å². The van der Waals surface area contributed by atoms with Gasteiger partial charge in [-0.2, -0.15) is 5.26 Å². The lowest BCUT2D eigenvalue weighted by atomic mass is 10.1. The first-order valence-corrected chi connectivity index (χ1v) is 3.87. The number of nitrogens with zero attached hydrogens (tertiary/aromatic N) is 2. The van der Waals surface area contributed by atoms with Crippen molar-refractivity contribution in [3.8, 4) is 6.07 Å². The van der Waals surface area contributed by atoms with Gasteiger partial charge in [0, 0.05) is 0 Å². The minimum Gasteiger partial charge on any atom is -0.254 e. The van der Waals surface area contributed by atoms with Gasteiger partial charge in [0.25, 0.3) is 6.43 Å². The van der Waals surface area contributed by atoms with Crippen LogP contribution in [0.3, 0.4) is 0 Å². The largest absolute Gasteiger partial charge is 0.266 e. The van der Waals surface area contributed by atoms with Gasteiger partial charge < -0.3 is 0 Å². The molecule has 0 fully saturated rings. The maximum Gasteiger partial charge on any atom is 0.266 e. The van der Waals surface area contributed by atoms with E-state index >= 15 is 0 Å². The Morgan fingerprint density at radius 2 is 2.21 bits per heavy atom. The average Bonchev–Trinajstić information content (AvgIpc) is 2.11. The molecule has 1 heterocycles. The van der Waals surface area contributed by atoms with Crippen molar-refractivity contribution in [2.45, 2.75) is 19.8 Å². The van der Waals surface area contributed by atoms with Gasteiger partial charge in [0.1, 0.15) is 0 Å². The zero-order chi connectivity index (χ0) is 10.7. The first-order valence-electron chi connectivity index (χ1n) is 3.87. The molecule has 0 aromatic carbocycles. The van der Waals surface area contributed by atoms with Gasteiger partial charge in [-0.3, -0.25) is 4.98 Å². The van der Waals surface area contributed by atoms with E-state index in [0.29, 0.717) is 0 Å². The molecule has 2 nitrogen and oxygen atoms in total. The van der Waals surface area contributed by atoms with Crippen LogP contribution >= 0.6 is 0 Å². The summed E-state index contributed by atoms with van der Waals surface area (Å²) < 4.78 is 37.6. The number of hydrogen-bond donors (Lipinski definition) is 0. The van der Waals surface area contributed by atoms with Crippen LogP contribution in [0.15, 0.2) is 6.07 Å². The molecule has 5 heteroatoms. The summed E-state index contributed by atoms with van der Waals surface area (Å²) >= 11 is 0. The highest BCUT2D eigenvalue weighted by atomic mass is 19.3. The fourth-order valence-electron chi connectivity index (χ4n) is 1.08. The molecule has 0 unspecified atom stereocenters. The molecule has 14 heavy (non-hydrogen) atoms. The summed E-state index contributed by atoms with van der Waals surface area (Å²) in [6.45, 7) is 1.29. The maximum absolute atomic E-state index is 13.0. The second-order valence-electron chi connectivity index (χ2n) is 2.74. The standard InChI is InChI=1S/C9H7F3N2/c1-5-8(10)7(9(11)12)4-6(14-5)2-3-13/h4,9H,2H2,1H3. The molecule has 0 radical (unpaired) electrons. The molecule has 1 aromatic heterocycles. The van der Waals surface area contributed by atoms with E-state index in [1.807, 2.05) is 0 Å². The van der Waals surface area contributed by atoms with Crippen molar-refractivity contribution in [1.29, 1.82) is 5.26 Å². The van der Waals surface area contributed by atoms with Crippen LogP contribution in [0, 0.1) is 24.1 Å². The summed E-state index contributed by atoms with van der Waals surface area (Å²) in [5.41, 5.74) is -0.627. The number of nitriles is 1. The number of aromatic nitrogens is 1. The van der Waals surface area contributed by atoms with Gasteiger partial charge >= 0.3 is 0 Å². The van der Waals surface area contributed by atoms with E-state index in [2.05, 4.69) is 4.98 Å². The fraction of sp³-hybridized carbons (Fsp3) is 0.333. The molecule has 1 rings (SSSR count). The summed E-state index contributed by atoms with van der Waals surface area (Å²) in [5.74, 6) is -0.998. The Morgan fingerprint density at radius 1 is 1.57 bits per heavy atom. The smallest absolute Gasteiger partial charge is 0.254 e. The monoisotopic (exact) mass is 200 g/mol. The Labute approximate surface area is 79.0 Å². The van der Waals surface area contributed by atoms with Gasteiger partial charge in [0.15, 0.2) is 5.82 Å². The summed E-state index contributed by atoms with van der Waals surface area (Å²) in [6, 6.07) is 2.69. The Kier molecular flexibility index (Phi) is 3.07. The molecule has 0 N–H and O–H groups in total. The van der Waals surface area contributed by atoms with Crippen molar-refractivity contribution in [1.82, 2.24) is 4.98 Å². The lowest BCUT2D eigenvalue weighted by Gasteiger charge is -2.05. The van der Waals surface area contributed by atoms with E-state index in [0.717, 1.165) is 6.07 Å². The lowest BCUT2D eigenvalue weighted by Crippen LogP contribution is -2.01. The summed E-state index contributed by atoms with van der Waals surface area (Å²) in [4.78, 5) is 3.67. The highest BCUT2D eigenvalue weighted by Crippen LogP contribution is 2.24. The third kappa shape index (κ3) is 2.02. The second-order valence-corrected chi connectivity index (χ2v) is 2.74. The van der Waals surface area contributed by atoms with Crippen LogP contribution in [-0.2, 0) is 6.42 Å². The van der Waals surface area contributed by atoms with Crippen molar-refractivity contribution in [2.75, 3.05) is 0 Å². The number of rotatable bonds is 2. The number of aryl methyl sites for hydroxylation is 1. The van der Waals surface area contributed by atoms with Crippen molar-refractivity contribution >= 4 is 0 Å². The summed E-state index contributed by atoms with van der Waals surface area (Å²) in [5, 5.41) is 8.34. The molecular weight excluding hydrogens is 193 g/mol. The van der Waals surface area contributed by atoms with Crippen LogP contribution in [0.25, 0.3) is 0 Å². The third-order valence-electron chi connectivity index (χ3n) is 1.70. The lowest BCUT2D eigenvalue weighted by molar-refractivity contribution is 0.145. The minimum atomic E-state index is -2.88. The molecule has 0 aliphatic carbocycles. The quantitative estimate of drug-likeness (QED) is 0.735. The van der Waals surface area contributed by atoms with Gasteiger partial charge in [-0.05, 0) is 13.0 Å². The van der Waals surface area contributed by atoms with Gasteiger partial charge in [-0.1, -0.05) is 0 Å². The minimum absolute atomic E-state index is 0.0964. The number of hydrogen-bond acceptors (Lipinski definition) is 2. The summed E-state index contributed by atoms with van der Waals surface area (Å²) in [7, 11) is 0.